The van der Waals surface area contributed by atoms with Crippen molar-refractivity contribution < 1.29 is 18.7 Å². The molecule has 0 aliphatic carbocycles. The highest BCUT2D eigenvalue weighted by molar-refractivity contribution is 14.1. The summed E-state index contributed by atoms with van der Waals surface area (Å²) in [5.74, 6) is 0.483. The van der Waals surface area contributed by atoms with Crippen molar-refractivity contribution in [3.63, 3.8) is 0 Å². The molecular weight excluding hydrogens is 578 g/mol. The maximum atomic E-state index is 12.9. The van der Waals surface area contributed by atoms with Crippen molar-refractivity contribution in [1.29, 1.82) is 0 Å². The Kier molecular flexibility index (Phi) is 8.42. The van der Waals surface area contributed by atoms with Crippen LogP contribution in [0.2, 0.25) is 0 Å². The van der Waals surface area contributed by atoms with Gasteiger partial charge in [0.05, 0.1) is 24.2 Å². The quantitative estimate of drug-likeness (QED) is 0.213. The fourth-order valence-corrected chi connectivity index (χ4v) is 3.63. The molecule has 0 spiro atoms. The number of hydrazone groups is 1. The van der Waals surface area contributed by atoms with E-state index in [9.17, 15) is 9.18 Å². The maximum absolute atomic E-state index is 12.9. The van der Waals surface area contributed by atoms with Gasteiger partial charge >= 0.3 is 0 Å². The van der Waals surface area contributed by atoms with Gasteiger partial charge in [0, 0.05) is 3.57 Å². The van der Waals surface area contributed by atoms with Crippen LogP contribution in [0, 0.1) is 9.39 Å². The second-order valence-electron chi connectivity index (χ2n) is 6.55. The third kappa shape index (κ3) is 7.03. The standard InChI is InChI=1S/C23H19BrFIN2O3/c1-30-21-11-17(13-27-28-22(29)12-15-2-6-18(25)7-3-15)10-20(24)23(21)31-14-16-4-8-19(26)9-5-16/h2-11,13H,12,14H2,1H3,(H,28,29)/b27-13+. The molecule has 3 aromatic carbocycles. The Hall–Kier alpha value is -2.46. The summed E-state index contributed by atoms with van der Waals surface area (Å²) >= 11 is 5.77. The molecule has 0 atom stereocenters. The number of rotatable bonds is 8. The lowest BCUT2D eigenvalue weighted by Gasteiger charge is -2.13. The van der Waals surface area contributed by atoms with Crippen molar-refractivity contribution in [2.75, 3.05) is 7.11 Å². The Balaban J connectivity index is 1.62. The van der Waals surface area contributed by atoms with Crippen molar-refractivity contribution in [3.05, 3.63) is 91.2 Å². The predicted molar refractivity (Wildman–Crippen MR) is 130 cm³/mol. The molecule has 0 bridgehead atoms. The zero-order valence-electron chi connectivity index (χ0n) is 16.6. The van der Waals surface area contributed by atoms with Gasteiger partial charge in [-0.05, 0) is 91.6 Å². The second-order valence-corrected chi connectivity index (χ2v) is 8.65. The van der Waals surface area contributed by atoms with Crippen molar-refractivity contribution >= 4 is 50.6 Å². The molecular formula is C23H19BrFIN2O3. The molecule has 0 saturated heterocycles. The first-order valence-electron chi connectivity index (χ1n) is 9.25. The molecule has 31 heavy (non-hydrogen) atoms. The number of ether oxygens (including phenoxy) is 2. The van der Waals surface area contributed by atoms with Crippen LogP contribution in [0.3, 0.4) is 0 Å². The molecule has 8 heteroatoms. The number of nitrogens with zero attached hydrogens (tertiary/aromatic N) is 1. The summed E-state index contributed by atoms with van der Waals surface area (Å²) < 4.78 is 26.2. The number of carbonyl (C=O) groups is 1. The van der Waals surface area contributed by atoms with Crippen LogP contribution in [-0.2, 0) is 17.8 Å². The molecule has 0 unspecified atom stereocenters. The summed E-state index contributed by atoms with van der Waals surface area (Å²) in [4.78, 5) is 12.0. The summed E-state index contributed by atoms with van der Waals surface area (Å²) in [7, 11) is 1.56. The number of carbonyl (C=O) groups excluding carboxylic acids is 1. The fraction of sp³-hybridized carbons (Fsp3) is 0.130. The lowest BCUT2D eigenvalue weighted by molar-refractivity contribution is -0.120. The number of halogens is 3. The van der Waals surface area contributed by atoms with E-state index < -0.39 is 0 Å². The number of hydrogen-bond donors (Lipinski definition) is 1. The van der Waals surface area contributed by atoms with Crippen molar-refractivity contribution in [2.24, 2.45) is 5.10 Å². The zero-order valence-corrected chi connectivity index (χ0v) is 20.3. The Morgan fingerprint density at radius 3 is 2.48 bits per heavy atom. The fourth-order valence-electron chi connectivity index (χ4n) is 2.70. The smallest absolute Gasteiger partial charge is 0.244 e. The highest BCUT2D eigenvalue weighted by Crippen LogP contribution is 2.36. The van der Waals surface area contributed by atoms with E-state index >= 15 is 0 Å². The van der Waals surface area contributed by atoms with E-state index in [0.29, 0.717) is 33.7 Å². The molecule has 3 aromatic rings. The Morgan fingerprint density at radius 2 is 1.81 bits per heavy atom. The molecule has 1 N–H and O–H groups in total. The summed E-state index contributed by atoms with van der Waals surface area (Å²) in [6.07, 6.45) is 1.62. The number of methoxy groups -OCH3 is 1. The highest BCUT2D eigenvalue weighted by atomic mass is 127. The van der Waals surface area contributed by atoms with E-state index in [-0.39, 0.29) is 18.1 Å². The summed E-state index contributed by atoms with van der Waals surface area (Å²) in [6, 6.07) is 17.4. The van der Waals surface area contributed by atoms with Gasteiger partial charge in [0.15, 0.2) is 11.5 Å². The molecule has 0 fully saturated rings. The lowest BCUT2D eigenvalue weighted by Crippen LogP contribution is -2.19. The van der Waals surface area contributed by atoms with Crippen molar-refractivity contribution in [1.82, 2.24) is 5.43 Å². The van der Waals surface area contributed by atoms with E-state index in [0.717, 1.165) is 9.13 Å². The minimum atomic E-state index is -0.340. The van der Waals surface area contributed by atoms with E-state index in [1.807, 2.05) is 30.3 Å². The van der Waals surface area contributed by atoms with E-state index in [1.165, 1.54) is 18.3 Å². The summed E-state index contributed by atoms with van der Waals surface area (Å²) in [5.41, 5.74) is 4.93. The van der Waals surface area contributed by atoms with Gasteiger partial charge in [-0.25, -0.2) is 9.82 Å². The second kappa shape index (κ2) is 11.2. The Morgan fingerprint density at radius 1 is 1.13 bits per heavy atom. The molecule has 0 aliphatic rings. The normalized spacial score (nSPS) is 10.8. The van der Waals surface area contributed by atoms with Crippen LogP contribution in [-0.4, -0.2) is 19.2 Å². The molecule has 0 aliphatic heterocycles. The average molecular weight is 597 g/mol. The maximum Gasteiger partial charge on any atom is 0.244 e. The van der Waals surface area contributed by atoms with Gasteiger partial charge in [-0.15, -0.1) is 0 Å². The summed E-state index contributed by atoms with van der Waals surface area (Å²) in [6.45, 7) is 0.402. The molecule has 0 aromatic heterocycles. The molecule has 5 nitrogen and oxygen atoms in total. The zero-order chi connectivity index (χ0) is 22.2. The van der Waals surface area contributed by atoms with E-state index in [4.69, 9.17) is 9.47 Å². The minimum Gasteiger partial charge on any atom is -0.493 e. The first-order chi connectivity index (χ1) is 14.9. The van der Waals surface area contributed by atoms with Gasteiger partial charge < -0.3 is 9.47 Å². The molecule has 160 valence electrons. The van der Waals surface area contributed by atoms with E-state index in [2.05, 4.69) is 49.0 Å². The van der Waals surface area contributed by atoms with Crippen molar-refractivity contribution in [2.45, 2.75) is 13.0 Å². The number of amides is 1. The first-order valence-corrected chi connectivity index (χ1v) is 11.1. The topological polar surface area (TPSA) is 59.9 Å². The van der Waals surface area contributed by atoms with Gasteiger partial charge in [-0.3, -0.25) is 4.79 Å². The minimum absolute atomic E-state index is 0.107. The molecule has 0 saturated carbocycles. The Labute approximate surface area is 201 Å². The molecule has 0 radical (unpaired) electrons. The largest absolute Gasteiger partial charge is 0.493 e. The molecule has 1 amide bonds. The first kappa shape index (κ1) is 23.2. The highest BCUT2D eigenvalue weighted by Gasteiger charge is 2.12. The number of benzene rings is 3. The third-order valence-corrected chi connectivity index (χ3v) is 5.54. The van der Waals surface area contributed by atoms with Gasteiger partial charge in [-0.1, -0.05) is 24.3 Å². The SMILES string of the molecule is COc1cc(/C=N/NC(=O)Cc2ccc(F)cc2)cc(Br)c1OCc1ccc(I)cc1. The monoisotopic (exact) mass is 596 g/mol. The van der Waals surface area contributed by atoms with Crippen LogP contribution in [0.1, 0.15) is 16.7 Å². The van der Waals surface area contributed by atoms with Crippen LogP contribution in [0.4, 0.5) is 4.39 Å². The predicted octanol–water partition coefficient (Wildman–Crippen LogP) is 5.47. The van der Waals surface area contributed by atoms with Crippen molar-refractivity contribution in [3.8, 4) is 11.5 Å². The van der Waals surface area contributed by atoms with Crippen LogP contribution in [0.25, 0.3) is 0 Å². The van der Waals surface area contributed by atoms with Gasteiger partial charge in [0.2, 0.25) is 5.91 Å². The van der Waals surface area contributed by atoms with Gasteiger partial charge in [-0.2, -0.15) is 5.10 Å². The van der Waals surface area contributed by atoms with Crippen LogP contribution < -0.4 is 14.9 Å². The van der Waals surface area contributed by atoms with Crippen LogP contribution in [0.15, 0.2) is 70.2 Å². The third-order valence-electron chi connectivity index (χ3n) is 4.23. The summed E-state index contributed by atoms with van der Waals surface area (Å²) in [5, 5.41) is 3.99. The number of hydrogen-bond acceptors (Lipinski definition) is 4. The van der Waals surface area contributed by atoms with E-state index in [1.54, 1.807) is 25.3 Å². The molecule has 0 heterocycles. The lowest BCUT2D eigenvalue weighted by atomic mass is 10.1. The van der Waals surface area contributed by atoms with Gasteiger partial charge in [0.25, 0.3) is 0 Å². The molecule has 3 rings (SSSR count). The average Bonchev–Trinajstić information content (AvgIpc) is 2.75. The van der Waals surface area contributed by atoms with Crippen LogP contribution >= 0.6 is 38.5 Å². The Bertz CT molecular complexity index is 1070. The van der Waals surface area contributed by atoms with Crippen LogP contribution in [0.5, 0.6) is 11.5 Å². The van der Waals surface area contributed by atoms with Gasteiger partial charge in [0.1, 0.15) is 12.4 Å². The number of nitrogens with one attached hydrogen (secondary N) is 1.